The lowest BCUT2D eigenvalue weighted by atomic mass is 9.97. The van der Waals surface area contributed by atoms with Gasteiger partial charge in [-0.25, -0.2) is 4.98 Å². The summed E-state index contributed by atoms with van der Waals surface area (Å²) in [5.74, 6) is -1.73. The van der Waals surface area contributed by atoms with E-state index >= 15 is 0 Å². The zero-order valence-electron chi connectivity index (χ0n) is 14.3. The first-order valence-corrected chi connectivity index (χ1v) is 8.07. The molecule has 2 heterocycles. The number of aromatic nitrogens is 1. The number of Topliss-reactive ketones (excluding diaryl/α,β-unsaturated/α-hetero) is 1. The number of carbonyl (C=O) groups is 3. The summed E-state index contributed by atoms with van der Waals surface area (Å²) in [5.41, 5.74) is 0.662. The molecule has 1 aromatic heterocycles. The van der Waals surface area contributed by atoms with Gasteiger partial charge in [-0.15, -0.1) is 0 Å². The first-order chi connectivity index (χ1) is 12.4. The lowest BCUT2D eigenvalue weighted by Gasteiger charge is -2.28. The standard InChI is InChI=1S/C17H15ClN2O6/c1-4-26-12(21)7-20-9-6-10(24-2)16(25-3)14-13(9)8(5-11(18)19-14)15(22)17(20)23/h5-6H,4,7H2,1-3H3. The molecule has 0 unspecified atom stereocenters. The molecular weight excluding hydrogens is 364 g/mol. The maximum atomic E-state index is 12.6. The maximum Gasteiger partial charge on any atom is 0.326 e. The van der Waals surface area contributed by atoms with Crippen LogP contribution in [0.2, 0.25) is 5.15 Å². The number of hydrogen-bond acceptors (Lipinski definition) is 7. The Morgan fingerprint density at radius 1 is 1.23 bits per heavy atom. The van der Waals surface area contributed by atoms with Crippen LogP contribution >= 0.6 is 11.6 Å². The van der Waals surface area contributed by atoms with Gasteiger partial charge in [-0.3, -0.25) is 19.3 Å². The molecule has 136 valence electrons. The number of carbonyl (C=O) groups excluding carboxylic acids is 3. The zero-order chi connectivity index (χ0) is 19.0. The van der Waals surface area contributed by atoms with Crippen molar-refractivity contribution in [1.82, 2.24) is 4.98 Å². The summed E-state index contributed by atoms with van der Waals surface area (Å²) in [7, 11) is 2.85. The van der Waals surface area contributed by atoms with Crippen molar-refractivity contribution < 1.29 is 28.6 Å². The second kappa shape index (κ2) is 6.80. The van der Waals surface area contributed by atoms with E-state index in [1.807, 2.05) is 0 Å². The van der Waals surface area contributed by atoms with Gasteiger partial charge in [0.2, 0.25) is 0 Å². The number of anilines is 1. The minimum atomic E-state index is -0.860. The number of pyridine rings is 1. The molecule has 1 aliphatic heterocycles. The zero-order valence-corrected chi connectivity index (χ0v) is 15.0. The fourth-order valence-electron chi connectivity index (χ4n) is 2.90. The number of esters is 1. The minimum absolute atomic E-state index is 0.0324. The fourth-order valence-corrected chi connectivity index (χ4v) is 3.09. The van der Waals surface area contributed by atoms with Crippen molar-refractivity contribution in [3.63, 3.8) is 0 Å². The highest BCUT2D eigenvalue weighted by atomic mass is 35.5. The van der Waals surface area contributed by atoms with Gasteiger partial charge in [0, 0.05) is 17.0 Å². The van der Waals surface area contributed by atoms with Crippen LogP contribution in [0.5, 0.6) is 11.5 Å². The van der Waals surface area contributed by atoms with Gasteiger partial charge in [-0.1, -0.05) is 11.6 Å². The molecule has 0 spiro atoms. The summed E-state index contributed by atoms with van der Waals surface area (Å²) < 4.78 is 15.5. The van der Waals surface area contributed by atoms with E-state index < -0.39 is 24.2 Å². The number of benzene rings is 1. The van der Waals surface area contributed by atoms with Gasteiger partial charge in [0.1, 0.15) is 17.2 Å². The van der Waals surface area contributed by atoms with Crippen molar-refractivity contribution in [3.05, 3.63) is 22.8 Å². The first kappa shape index (κ1) is 17.9. The molecule has 0 fully saturated rings. The number of nitrogens with zero attached hydrogens (tertiary/aromatic N) is 2. The summed E-state index contributed by atoms with van der Waals surface area (Å²) >= 11 is 6.02. The van der Waals surface area contributed by atoms with Crippen LogP contribution in [0.3, 0.4) is 0 Å². The molecule has 1 aromatic carbocycles. The molecule has 0 atom stereocenters. The lowest BCUT2D eigenvalue weighted by molar-refractivity contribution is -0.142. The molecule has 3 rings (SSSR count). The van der Waals surface area contributed by atoms with Crippen molar-refractivity contribution in [1.29, 1.82) is 0 Å². The Hall–Kier alpha value is -2.87. The topological polar surface area (TPSA) is 95.0 Å². The smallest absolute Gasteiger partial charge is 0.326 e. The van der Waals surface area contributed by atoms with Crippen LogP contribution in [-0.4, -0.2) is 50.0 Å². The van der Waals surface area contributed by atoms with Crippen LogP contribution in [0.4, 0.5) is 5.69 Å². The quantitative estimate of drug-likeness (QED) is 0.446. The van der Waals surface area contributed by atoms with Gasteiger partial charge in [0.25, 0.3) is 11.7 Å². The van der Waals surface area contributed by atoms with E-state index in [1.54, 1.807) is 6.92 Å². The van der Waals surface area contributed by atoms with Crippen molar-refractivity contribution in [2.75, 3.05) is 32.3 Å². The molecule has 0 N–H and O–H groups in total. The minimum Gasteiger partial charge on any atom is -0.493 e. The Morgan fingerprint density at radius 3 is 2.58 bits per heavy atom. The molecular formula is C17H15ClN2O6. The van der Waals surface area contributed by atoms with E-state index in [0.717, 1.165) is 4.90 Å². The van der Waals surface area contributed by atoms with E-state index in [9.17, 15) is 14.4 Å². The van der Waals surface area contributed by atoms with Gasteiger partial charge in [-0.05, 0) is 13.0 Å². The second-order valence-electron chi connectivity index (χ2n) is 5.37. The van der Waals surface area contributed by atoms with Crippen LogP contribution in [-0.2, 0) is 14.3 Å². The van der Waals surface area contributed by atoms with Crippen LogP contribution in [0.15, 0.2) is 12.1 Å². The van der Waals surface area contributed by atoms with Gasteiger partial charge < -0.3 is 14.2 Å². The molecule has 26 heavy (non-hydrogen) atoms. The number of hydrogen-bond donors (Lipinski definition) is 0. The Labute approximate surface area is 153 Å². The average Bonchev–Trinajstić information content (AvgIpc) is 2.62. The number of ether oxygens (including phenoxy) is 3. The molecule has 9 heteroatoms. The summed E-state index contributed by atoms with van der Waals surface area (Å²) in [5, 5.41) is 0.394. The van der Waals surface area contributed by atoms with Crippen molar-refractivity contribution in [3.8, 4) is 11.5 Å². The van der Waals surface area contributed by atoms with Crippen molar-refractivity contribution >= 4 is 45.9 Å². The fraction of sp³-hybridized carbons (Fsp3) is 0.294. The second-order valence-corrected chi connectivity index (χ2v) is 5.76. The number of halogens is 1. The van der Waals surface area contributed by atoms with E-state index in [-0.39, 0.29) is 34.3 Å². The van der Waals surface area contributed by atoms with Gasteiger partial charge in [0.05, 0.1) is 26.5 Å². The third-order valence-electron chi connectivity index (χ3n) is 3.94. The lowest BCUT2D eigenvalue weighted by Crippen LogP contribution is -2.43. The maximum absolute atomic E-state index is 12.6. The molecule has 2 aromatic rings. The van der Waals surface area contributed by atoms with Gasteiger partial charge in [0.15, 0.2) is 11.5 Å². The molecule has 0 saturated heterocycles. The highest BCUT2D eigenvalue weighted by Crippen LogP contribution is 2.44. The molecule has 0 aliphatic carbocycles. The van der Waals surface area contributed by atoms with Gasteiger partial charge >= 0.3 is 5.97 Å². The largest absolute Gasteiger partial charge is 0.493 e. The van der Waals surface area contributed by atoms with Crippen LogP contribution in [0.1, 0.15) is 17.3 Å². The summed E-state index contributed by atoms with van der Waals surface area (Å²) in [6.45, 7) is 1.39. The third kappa shape index (κ3) is 2.72. The highest BCUT2D eigenvalue weighted by molar-refractivity contribution is 6.52. The Kier molecular flexibility index (Phi) is 4.69. The number of ketones is 1. The monoisotopic (exact) mass is 378 g/mol. The van der Waals surface area contributed by atoms with Crippen LogP contribution in [0, 0.1) is 0 Å². The van der Waals surface area contributed by atoms with Crippen LogP contribution < -0.4 is 14.4 Å². The third-order valence-corrected chi connectivity index (χ3v) is 4.14. The van der Waals surface area contributed by atoms with Crippen molar-refractivity contribution in [2.24, 2.45) is 0 Å². The predicted octanol–water partition coefficient (Wildman–Crippen LogP) is 2.00. The van der Waals surface area contributed by atoms with E-state index in [1.165, 1.54) is 26.4 Å². The van der Waals surface area contributed by atoms with E-state index in [0.29, 0.717) is 11.1 Å². The molecule has 8 nitrogen and oxygen atoms in total. The predicted molar refractivity (Wildman–Crippen MR) is 93.2 cm³/mol. The first-order valence-electron chi connectivity index (χ1n) is 7.69. The Morgan fingerprint density at radius 2 is 1.96 bits per heavy atom. The molecule has 1 amide bonds. The molecule has 1 aliphatic rings. The summed E-state index contributed by atoms with van der Waals surface area (Å²) in [4.78, 5) is 42.3. The highest BCUT2D eigenvalue weighted by Gasteiger charge is 2.37. The average molecular weight is 379 g/mol. The molecule has 0 bridgehead atoms. The van der Waals surface area contributed by atoms with Crippen LogP contribution in [0.25, 0.3) is 10.9 Å². The molecule has 0 radical (unpaired) electrons. The summed E-state index contributed by atoms with van der Waals surface area (Å²) in [6.07, 6.45) is 0. The number of methoxy groups -OCH3 is 2. The van der Waals surface area contributed by atoms with E-state index in [4.69, 9.17) is 25.8 Å². The Bertz CT molecular complexity index is 943. The number of rotatable bonds is 5. The van der Waals surface area contributed by atoms with Crippen molar-refractivity contribution in [2.45, 2.75) is 6.92 Å². The van der Waals surface area contributed by atoms with E-state index in [2.05, 4.69) is 4.98 Å². The normalized spacial score (nSPS) is 13.2. The SMILES string of the molecule is CCOC(=O)CN1C(=O)C(=O)c2cc(Cl)nc3c(OC)c(OC)cc1c23. The Balaban J connectivity index is 2.33. The van der Waals surface area contributed by atoms with Gasteiger partial charge in [-0.2, -0.15) is 0 Å². The molecule has 0 saturated carbocycles. The summed E-state index contributed by atoms with van der Waals surface area (Å²) in [6, 6.07) is 2.84. The number of amides is 1.